The summed E-state index contributed by atoms with van der Waals surface area (Å²) in [5.74, 6) is -0.0970. The summed E-state index contributed by atoms with van der Waals surface area (Å²) in [5, 5.41) is 7.22. The van der Waals surface area contributed by atoms with Crippen LogP contribution in [0.4, 0.5) is 0 Å². The zero-order chi connectivity index (χ0) is 18.4. The molecule has 0 radical (unpaired) electrons. The van der Waals surface area contributed by atoms with Gasteiger partial charge in [-0.1, -0.05) is 30.3 Å². The van der Waals surface area contributed by atoms with Crippen molar-refractivity contribution in [2.24, 2.45) is 0 Å². The molecule has 0 spiro atoms. The van der Waals surface area contributed by atoms with E-state index in [-0.39, 0.29) is 24.5 Å². The molecule has 2 aromatic heterocycles. The molecule has 26 heavy (non-hydrogen) atoms. The molecule has 134 valence electrons. The molecule has 0 saturated carbocycles. The number of aromatic nitrogens is 3. The number of benzene rings is 1. The summed E-state index contributed by atoms with van der Waals surface area (Å²) in [6.07, 6.45) is 5.88. The Hall–Kier alpha value is -3.02. The third-order valence-corrected chi connectivity index (χ3v) is 4.13. The van der Waals surface area contributed by atoms with E-state index in [4.69, 9.17) is 0 Å². The average molecular weight is 350 g/mol. The van der Waals surface area contributed by atoms with Gasteiger partial charge in [-0.15, -0.1) is 0 Å². The summed E-state index contributed by atoms with van der Waals surface area (Å²) in [6, 6.07) is 11.0. The SMILES string of the molecule is Cc1cc2ncc(CCCNC(=O)CCC(=O)c3ccccc3)cn2n1. The molecule has 6 heteroatoms. The Morgan fingerprint density at radius 3 is 2.77 bits per heavy atom. The highest BCUT2D eigenvalue weighted by Crippen LogP contribution is 2.07. The summed E-state index contributed by atoms with van der Waals surface area (Å²) in [6.45, 7) is 2.51. The van der Waals surface area contributed by atoms with E-state index in [1.807, 2.05) is 43.6 Å². The number of fused-ring (bicyclic) bond motifs is 1. The molecule has 0 fully saturated rings. The van der Waals surface area contributed by atoms with Crippen molar-refractivity contribution in [1.29, 1.82) is 0 Å². The lowest BCUT2D eigenvalue weighted by Gasteiger charge is -2.05. The van der Waals surface area contributed by atoms with Gasteiger partial charge in [-0.05, 0) is 25.3 Å². The van der Waals surface area contributed by atoms with Crippen molar-refractivity contribution in [2.75, 3.05) is 6.54 Å². The number of nitrogens with one attached hydrogen (secondary N) is 1. The molecule has 1 aromatic carbocycles. The maximum absolute atomic E-state index is 12.0. The van der Waals surface area contributed by atoms with E-state index in [1.54, 1.807) is 16.6 Å². The van der Waals surface area contributed by atoms with Crippen LogP contribution < -0.4 is 5.32 Å². The van der Waals surface area contributed by atoms with E-state index in [0.717, 1.165) is 29.7 Å². The van der Waals surface area contributed by atoms with E-state index >= 15 is 0 Å². The molecule has 2 heterocycles. The van der Waals surface area contributed by atoms with Crippen molar-refractivity contribution in [2.45, 2.75) is 32.6 Å². The highest BCUT2D eigenvalue weighted by Gasteiger charge is 2.08. The fraction of sp³-hybridized carbons (Fsp3) is 0.300. The Labute approximate surface area is 152 Å². The predicted molar refractivity (Wildman–Crippen MR) is 99.1 cm³/mol. The molecule has 0 bridgehead atoms. The molecule has 0 aliphatic carbocycles. The summed E-state index contributed by atoms with van der Waals surface area (Å²) in [5.41, 5.74) is 3.50. The van der Waals surface area contributed by atoms with Gasteiger partial charge in [0.05, 0.1) is 5.69 Å². The minimum atomic E-state index is -0.0921. The smallest absolute Gasteiger partial charge is 0.220 e. The second-order valence-corrected chi connectivity index (χ2v) is 6.29. The monoisotopic (exact) mass is 350 g/mol. The highest BCUT2D eigenvalue weighted by atomic mass is 16.2. The third-order valence-electron chi connectivity index (χ3n) is 4.13. The summed E-state index contributed by atoms with van der Waals surface area (Å²) in [7, 11) is 0. The molecular formula is C20H22N4O2. The number of carbonyl (C=O) groups excluding carboxylic acids is 2. The minimum Gasteiger partial charge on any atom is -0.356 e. The third kappa shape index (κ3) is 4.75. The van der Waals surface area contributed by atoms with Gasteiger partial charge in [0, 0.05) is 43.4 Å². The van der Waals surface area contributed by atoms with Crippen molar-refractivity contribution >= 4 is 17.3 Å². The number of carbonyl (C=O) groups is 2. The standard InChI is InChI=1S/C20H22N4O2/c1-15-12-19-22-13-16(14-24(19)23-15)6-5-11-21-20(26)10-9-18(25)17-7-3-2-4-8-17/h2-4,7-8,12-14H,5-6,9-11H2,1H3,(H,21,26). The van der Waals surface area contributed by atoms with Crippen LogP contribution in [-0.2, 0) is 11.2 Å². The Morgan fingerprint density at radius 1 is 1.15 bits per heavy atom. The lowest BCUT2D eigenvalue weighted by Crippen LogP contribution is -2.25. The second-order valence-electron chi connectivity index (χ2n) is 6.29. The van der Waals surface area contributed by atoms with Gasteiger partial charge in [-0.2, -0.15) is 5.10 Å². The zero-order valence-corrected chi connectivity index (χ0v) is 14.8. The van der Waals surface area contributed by atoms with Gasteiger partial charge in [0.1, 0.15) is 0 Å². The average Bonchev–Trinajstić information content (AvgIpc) is 3.03. The van der Waals surface area contributed by atoms with Crippen molar-refractivity contribution in [3.05, 3.63) is 65.6 Å². The highest BCUT2D eigenvalue weighted by molar-refractivity contribution is 5.97. The molecule has 3 aromatic rings. The fourth-order valence-electron chi connectivity index (χ4n) is 2.77. The Bertz CT molecular complexity index is 903. The number of Topliss-reactive ketones (excluding diaryl/α,β-unsaturated/α-hetero) is 1. The normalized spacial score (nSPS) is 10.8. The largest absolute Gasteiger partial charge is 0.356 e. The van der Waals surface area contributed by atoms with Crippen molar-refractivity contribution in [1.82, 2.24) is 19.9 Å². The van der Waals surface area contributed by atoms with Crippen LogP contribution in [0, 0.1) is 6.92 Å². The molecule has 6 nitrogen and oxygen atoms in total. The maximum atomic E-state index is 12.0. The number of hydrogen-bond acceptors (Lipinski definition) is 4. The van der Waals surface area contributed by atoms with Gasteiger partial charge >= 0.3 is 0 Å². The van der Waals surface area contributed by atoms with E-state index in [0.29, 0.717) is 12.1 Å². The van der Waals surface area contributed by atoms with Crippen LogP contribution in [0.3, 0.4) is 0 Å². The van der Waals surface area contributed by atoms with Gasteiger partial charge in [-0.3, -0.25) is 9.59 Å². The minimum absolute atomic E-state index is 0.00496. The number of ketones is 1. The Balaban J connectivity index is 1.37. The molecule has 0 saturated heterocycles. The first kappa shape index (κ1) is 17.8. The van der Waals surface area contributed by atoms with Crippen molar-refractivity contribution in [3.8, 4) is 0 Å². The first-order chi connectivity index (χ1) is 12.6. The van der Waals surface area contributed by atoms with Crippen LogP contribution in [-0.4, -0.2) is 32.8 Å². The van der Waals surface area contributed by atoms with E-state index in [1.165, 1.54) is 0 Å². The van der Waals surface area contributed by atoms with Crippen LogP contribution in [0.5, 0.6) is 0 Å². The fourth-order valence-corrected chi connectivity index (χ4v) is 2.77. The Kier molecular flexibility index (Phi) is 5.73. The molecule has 1 N–H and O–H groups in total. The Morgan fingerprint density at radius 2 is 1.96 bits per heavy atom. The van der Waals surface area contributed by atoms with Crippen LogP contribution in [0.25, 0.3) is 5.65 Å². The molecular weight excluding hydrogens is 328 g/mol. The van der Waals surface area contributed by atoms with Crippen LogP contribution in [0.15, 0.2) is 48.8 Å². The van der Waals surface area contributed by atoms with Crippen LogP contribution >= 0.6 is 0 Å². The first-order valence-electron chi connectivity index (χ1n) is 8.78. The summed E-state index contributed by atoms with van der Waals surface area (Å²) in [4.78, 5) is 28.2. The van der Waals surface area contributed by atoms with E-state index in [2.05, 4.69) is 15.4 Å². The number of hydrogen-bond donors (Lipinski definition) is 1. The van der Waals surface area contributed by atoms with Gasteiger partial charge < -0.3 is 5.32 Å². The quantitative estimate of drug-likeness (QED) is 0.501. The topological polar surface area (TPSA) is 76.4 Å². The van der Waals surface area contributed by atoms with Crippen LogP contribution in [0.1, 0.15) is 40.9 Å². The maximum Gasteiger partial charge on any atom is 0.220 e. The lowest BCUT2D eigenvalue weighted by atomic mass is 10.1. The number of rotatable bonds is 8. The molecule has 3 rings (SSSR count). The van der Waals surface area contributed by atoms with Gasteiger partial charge in [0.25, 0.3) is 0 Å². The van der Waals surface area contributed by atoms with E-state index in [9.17, 15) is 9.59 Å². The number of aryl methyl sites for hydroxylation is 2. The van der Waals surface area contributed by atoms with E-state index < -0.39 is 0 Å². The predicted octanol–water partition coefficient (Wildman–Crippen LogP) is 2.75. The molecule has 0 atom stereocenters. The van der Waals surface area contributed by atoms with Gasteiger partial charge in [0.2, 0.25) is 5.91 Å². The molecule has 0 aliphatic rings. The van der Waals surface area contributed by atoms with Crippen molar-refractivity contribution in [3.63, 3.8) is 0 Å². The number of amides is 1. The molecule has 0 aliphatic heterocycles. The lowest BCUT2D eigenvalue weighted by molar-refractivity contribution is -0.121. The summed E-state index contributed by atoms with van der Waals surface area (Å²) < 4.78 is 1.78. The number of nitrogens with zero attached hydrogens (tertiary/aromatic N) is 3. The summed E-state index contributed by atoms with van der Waals surface area (Å²) >= 11 is 0. The van der Waals surface area contributed by atoms with Crippen molar-refractivity contribution < 1.29 is 9.59 Å². The van der Waals surface area contributed by atoms with Crippen LogP contribution in [0.2, 0.25) is 0 Å². The second kappa shape index (κ2) is 8.38. The molecule has 1 amide bonds. The van der Waals surface area contributed by atoms with Gasteiger partial charge in [-0.25, -0.2) is 9.50 Å². The van der Waals surface area contributed by atoms with Gasteiger partial charge in [0.15, 0.2) is 11.4 Å². The zero-order valence-electron chi connectivity index (χ0n) is 14.8. The molecule has 0 unspecified atom stereocenters. The first-order valence-corrected chi connectivity index (χ1v) is 8.78.